The van der Waals surface area contributed by atoms with Gasteiger partial charge in [0.2, 0.25) is 0 Å². The van der Waals surface area contributed by atoms with Crippen LogP contribution in [0.3, 0.4) is 0 Å². The first-order valence-electron chi connectivity index (χ1n) is 6.34. The van der Waals surface area contributed by atoms with Crippen LogP contribution >= 0.6 is 11.3 Å². The van der Waals surface area contributed by atoms with Crippen LogP contribution in [0.1, 0.15) is 24.6 Å². The van der Waals surface area contributed by atoms with Gasteiger partial charge in [0.1, 0.15) is 0 Å². The van der Waals surface area contributed by atoms with E-state index in [1.165, 1.54) is 37.4 Å². The molecule has 1 unspecified atom stereocenters. The normalized spacial score (nSPS) is 21.7. The first-order valence-corrected chi connectivity index (χ1v) is 7.22. The Morgan fingerprint density at radius 1 is 1.56 bits per heavy atom. The summed E-state index contributed by atoms with van der Waals surface area (Å²) in [7, 11) is 0. The number of hydrogen-bond acceptors (Lipinski definition) is 3. The standard InChI is InChI=1S/C13H22N2S/c1-2-12-5-7-15(11-12)8-6-14-10-13-4-3-9-16-13/h3-4,9,12,14H,2,5-8,10-11H2,1H3. The van der Waals surface area contributed by atoms with Crippen molar-refractivity contribution in [2.75, 3.05) is 26.2 Å². The van der Waals surface area contributed by atoms with Crippen LogP contribution in [-0.2, 0) is 6.54 Å². The van der Waals surface area contributed by atoms with Crippen LogP contribution in [0.5, 0.6) is 0 Å². The molecule has 1 aliphatic heterocycles. The lowest BCUT2D eigenvalue weighted by atomic mass is 10.1. The minimum atomic E-state index is 0.956. The number of nitrogens with one attached hydrogen (secondary N) is 1. The van der Waals surface area contributed by atoms with Crippen LogP contribution in [-0.4, -0.2) is 31.1 Å². The van der Waals surface area contributed by atoms with E-state index in [0.29, 0.717) is 0 Å². The molecule has 1 saturated heterocycles. The smallest absolute Gasteiger partial charge is 0.0300 e. The third-order valence-electron chi connectivity index (χ3n) is 3.43. The van der Waals surface area contributed by atoms with E-state index in [1.54, 1.807) is 0 Å². The van der Waals surface area contributed by atoms with Gasteiger partial charge in [-0.1, -0.05) is 19.4 Å². The highest BCUT2D eigenvalue weighted by molar-refractivity contribution is 7.09. The minimum absolute atomic E-state index is 0.956. The lowest BCUT2D eigenvalue weighted by molar-refractivity contribution is 0.320. The largest absolute Gasteiger partial charge is 0.311 e. The van der Waals surface area contributed by atoms with Gasteiger partial charge in [-0.2, -0.15) is 0 Å². The summed E-state index contributed by atoms with van der Waals surface area (Å²) in [6, 6.07) is 4.31. The van der Waals surface area contributed by atoms with E-state index >= 15 is 0 Å². The highest BCUT2D eigenvalue weighted by Gasteiger charge is 2.19. The van der Waals surface area contributed by atoms with Crippen molar-refractivity contribution in [2.24, 2.45) is 5.92 Å². The molecule has 0 aliphatic carbocycles. The van der Waals surface area contributed by atoms with Crippen molar-refractivity contribution in [3.05, 3.63) is 22.4 Å². The third-order valence-corrected chi connectivity index (χ3v) is 4.31. The summed E-state index contributed by atoms with van der Waals surface area (Å²) < 4.78 is 0. The maximum Gasteiger partial charge on any atom is 0.0300 e. The summed E-state index contributed by atoms with van der Waals surface area (Å²) in [5, 5.41) is 5.66. The Hall–Kier alpha value is -0.380. The van der Waals surface area contributed by atoms with E-state index in [-0.39, 0.29) is 0 Å². The van der Waals surface area contributed by atoms with Crippen molar-refractivity contribution in [1.29, 1.82) is 0 Å². The molecule has 1 aliphatic rings. The van der Waals surface area contributed by atoms with E-state index in [9.17, 15) is 0 Å². The molecule has 1 aromatic heterocycles. The molecule has 0 saturated carbocycles. The van der Waals surface area contributed by atoms with E-state index in [1.807, 2.05) is 11.3 Å². The number of nitrogens with zero attached hydrogens (tertiary/aromatic N) is 1. The van der Waals surface area contributed by atoms with Gasteiger partial charge in [-0.3, -0.25) is 0 Å². The van der Waals surface area contributed by atoms with Gasteiger partial charge >= 0.3 is 0 Å². The molecule has 2 nitrogen and oxygen atoms in total. The minimum Gasteiger partial charge on any atom is -0.311 e. The first kappa shape index (κ1) is 12.1. The molecule has 0 amide bonds. The Morgan fingerprint density at radius 3 is 3.19 bits per heavy atom. The molecule has 0 aromatic carbocycles. The fraction of sp³-hybridized carbons (Fsp3) is 0.692. The third kappa shape index (κ3) is 3.58. The number of hydrogen-bond donors (Lipinski definition) is 1. The molecule has 1 aromatic rings. The fourth-order valence-electron chi connectivity index (χ4n) is 2.31. The zero-order valence-corrected chi connectivity index (χ0v) is 10.9. The van der Waals surface area contributed by atoms with Crippen LogP contribution in [0.15, 0.2) is 17.5 Å². The van der Waals surface area contributed by atoms with Gasteiger partial charge in [0, 0.05) is 31.1 Å². The molecule has 3 heteroatoms. The van der Waals surface area contributed by atoms with Crippen LogP contribution in [0.25, 0.3) is 0 Å². The first-order chi connectivity index (χ1) is 7.88. The number of rotatable bonds is 6. The van der Waals surface area contributed by atoms with Gasteiger partial charge in [0.25, 0.3) is 0 Å². The van der Waals surface area contributed by atoms with Crippen LogP contribution in [0, 0.1) is 5.92 Å². The van der Waals surface area contributed by atoms with Gasteiger partial charge in [-0.25, -0.2) is 0 Å². The SMILES string of the molecule is CCC1CCN(CCNCc2cccs2)C1. The van der Waals surface area contributed by atoms with Gasteiger partial charge in [0.15, 0.2) is 0 Å². The number of likely N-dealkylation sites (tertiary alicyclic amines) is 1. The second kappa shape index (κ2) is 6.38. The maximum atomic E-state index is 3.52. The molecule has 0 bridgehead atoms. The highest BCUT2D eigenvalue weighted by Crippen LogP contribution is 2.18. The Labute approximate surface area is 103 Å². The monoisotopic (exact) mass is 238 g/mol. The lowest BCUT2D eigenvalue weighted by Gasteiger charge is -2.15. The predicted octanol–water partition coefficient (Wildman–Crippen LogP) is 2.57. The zero-order valence-electron chi connectivity index (χ0n) is 10.1. The van der Waals surface area contributed by atoms with Crippen LogP contribution < -0.4 is 5.32 Å². The molecule has 1 fully saturated rings. The van der Waals surface area contributed by atoms with Gasteiger partial charge < -0.3 is 10.2 Å². The molecule has 1 N–H and O–H groups in total. The van der Waals surface area contributed by atoms with Crippen molar-refractivity contribution in [3.8, 4) is 0 Å². The molecule has 16 heavy (non-hydrogen) atoms. The van der Waals surface area contributed by atoms with Crippen molar-refractivity contribution >= 4 is 11.3 Å². The second-order valence-electron chi connectivity index (χ2n) is 4.62. The van der Waals surface area contributed by atoms with Gasteiger partial charge in [0.05, 0.1) is 0 Å². The number of thiophene rings is 1. The molecule has 0 spiro atoms. The van der Waals surface area contributed by atoms with Crippen molar-refractivity contribution in [3.63, 3.8) is 0 Å². The van der Waals surface area contributed by atoms with E-state index in [4.69, 9.17) is 0 Å². The van der Waals surface area contributed by atoms with Crippen molar-refractivity contribution in [1.82, 2.24) is 10.2 Å². The Kier molecular flexibility index (Phi) is 4.82. The Morgan fingerprint density at radius 2 is 2.50 bits per heavy atom. The topological polar surface area (TPSA) is 15.3 Å². The summed E-state index contributed by atoms with van der Waals surface area (Å²) in [6.07, 6.45) is 2.75. The molecular formula is C13H22N2S. The lowest BCUT2D eigenvalue weighted by Crippen LogP contribution is -2.30. The highest BCUT2D eigenvalue weighted by atomic mass is 32.1. The quantitative estimate of drug-likeness (QED) is 0.766. The van der Waals surface area contributed by atoms with E-state index in [0.717, 1.165) is 19.0 Å². The fourth-order valence-corrected chi connectivity index (χ4v) is 2.99. The van der Waals surface area contributed by atoms with Gasteiger partial charge in [-0.05, 0) is 30.3 Å². The predicted molar refractivity (Wildman–Crippen MR) is 70.9 cm³/mol. The Bertz CT molecular complexity index is 284. The molecule has 2 heterocycles. The molecule has 1 atom stereocenters. The average Bonchev–Trinajstić information content (AvgIpc) is 2.95. The Balaban J connectivity index is 1.55. The maximum absolute atomic E-state index is 3.52. The summed E-state index contributed by atoms with van der Waals surface area (Å²) in [6.45, 7) is 8.29. The second-order valence-corrected chi connectivity index (χ2v) is 5.65. The van der Waals surface area contributed by atoms with Crippen LogP contribution in [0.2, 0.25) is 0 Å². The van der Waals surface area contributed by atoms with Crippen molar-refractivity contribution < 1.29 is 0 Å². The van der Waals surface area contributed by atoms with E-state index in [2.05, 4.69) is 34.7 Å². The van der Waals surface area contributed by atoms with Gasteiger partial charge in [-0.15, -0.1) is 11.3 Å². The molecular weight excluding hydrogens is 216 g/mol. The average molecular weight is 238 g/mol. The zero-order chi connectivity index (χ0) is 11.2. The summed E-state index contributed by atoms with van der Waals surface area (Å²) in [5.41, 5.74) is 0. The summed E-state index contributed by atoms with van der Waals surface area (Å²) >= 11 is 1.83. The molecule has 90 valence electrons. The molecule has 0 radical (unpaired) electrons. The summed E-state index contributed by atoms with van der Waals surface area (Å²) in [5.74, 6) is 0.956. The summed E-state index contributed by atoms with van der Waals surface area (Å²) in [4.78, 5) is 4.03. The van der Waals surface area contributed by atoms with Crippen LogP contribution in [0.4, 0.5) is 0 Å². The molecule has 2 rings (SSSR count). The van der Waals surface area contributed by atoms with E-state index < -0.39 is 0 Å². The van der Waals surface area contributed by atoms with Crippen molar-refractivity contribution in [2.45, 2.75) is 26.3 Å².